The Hall–Kier alpha value is -2.37. The Morgan fingerprint density at radius 2 is 1.69 bits per heavy atom. The zero-order valence-corrected chi connectivity index (χ0v) is 21.6. The Labute approximate surface area is 194 Å². The van der Waals surface area contributed by atoms with Crippen molar-refractivity contribution >= 4 is 14.3 Å². The first-order valence-corrected chi connectivity index (χ1v) is 14.0. The topological polar surface area (TPSA) is 55.8 Å². The van der Waals surface area contributed by atoms with Crippen molar-refractivity contribution in [2.24, 2.45) is 5.41 Å². The minimum Gasteiger partial charge on any atom is -0.507 e. The van der Waals surface area contributed by atoms with Gasteiger partial charge in [0, 0.05) is 12.0 Å². The third kappa shape index (κ3) is 6.11. The van der Waals surface area contributed by atoms with Gasteiger partial charge in [-0.3, -0.25) is 0 Å². The lowest BCUT2D eigenvalue weighted by molar-refractivity contribution is -0.0263. The summed E-state index contributed by atoms with van der Waals surface area (Å²) in [6, 6.07) is 14.8. The van der Waals surface area contributed by atoms with Crippen LogP contribution in [0.15, 0.2) is 61.2 Å². The second-order valence-corrected chi connectivity index (χ2v) is 15.3. The highest BCUT2D eigenvalue weighted by atomic mass is 28.4. The van der Waals surface area contributed by atoms with Crippen molar-refractivity contribution in [2.75, 3.05) is 6.61 Å². The van der Waals surface area contributed by atoms with Crippen molar-refractivity contribution in [3.63, 3.8) is 0 Å². The first-order valence-electron chi connectivity index (χ1n) is 11.1. The van der Waals surface area contributed by atoms with Gasteiger partial charge in [-0.05, 0) is 41.7 Å². The zero-order chi connectivity index (χ0) is 24.2. The highest BCUT2D eigenvalue weighted by molar-refractivity contribution is 6.74. The summed E-state index contributed by atoms with van der Waals surface area (Å²) in [7, 11) is -1.99. The number of phenols is 1. The fourth-order valence-electron chi connectivity index (χ4n) is 3.28. The molecule has 1 N–H and O–H groups in total. The Bertz CT molecular complexity index is 926. The summed E-state index contributed by atoms with van der Waals surface area (Å²) in [5.41, 5.74) is 1.28. The molecule has 0 aromatic heterocycles. The molecule has 0 bridgehead atoms. The van der Waals surface area contributed by atoms with Gasteiger partial charge in [0.2, 0.25) is 0 Å². The molecule has 1 atom stereocenters. The van der Waals surface area contributed by atoms with Crippen LogP contribution in [-0.4, -0.2) is 26.0 Å². The van der Waals surface area contributed by atoms with Crippen LogP contribution in [0.2, 0.25) is 18.1 Å². The number of hydrogen-bond acceptors (Lipinski definition) is 4. The van der Waals surface area contributed by atoms with Crippen LogP contribution in [0.4, 0.5) is 0 Å². The van der Waals surface area contributed by atoms with Crippen LogP contribution in [0, 0.1) is 5.41 Å². The van der Waals surface area contributed by atoms with Gasteiger partial charge < -0.3 is 14.3 Å². The van der Waals surface area contributed by atoms with Gasteiger partial charge in [0.05, 0.1) is 0 Å². The van der Waals surface area contributed by atoms with E-state index in [9.17, 15) is 9.90 Å². The standard InChI is InChI=1S/C27H38O4Si/c1-9-14-20-17-13-18-22(28)23(20)25(29)31-24(21-15-11-10-12-16-21)27(5,6)19-30-32(7,8)26(2,3)4/h9-13,15-18,24,28H,1,14,19H2,2-8H3. The van der Waals surface area contributed by atoms with Crippen LogP contribution in [0.25, 0.3) is 0 Å². The number of phenolic OH excluding ortho intramolecular Hbond substituents is 1. The van der Waals surface area contributed by atoms with Crippen molar-refractivity contribution in [1.29, 1.82) is 0 Å². The van der Waals surface area contributed by atoms with Gasteiger partial charge in [0.25, 0.3) is 0 Å². The summed E-state index contributed by atoms with van der Waals surface area (Å²) in [6.45, 7) is 19.4. The highest BCUT2D eigenvalue weighted by Gasteiger charge is 2.41. The molecule has 0 amide bonds. The van der Waals surface area contributed by atoms with Crippen molar-refractivity contribution in [1.82, 2.24) is 0 Å². The van der Waals surface area contributed by atoms with E-state index in [4.69, 9.17) is 9.16 Å². The van der Waals surface area contributed by atoms with Crippen LogP contribution < -0.4 is 0 Å². The second kappa shape index (κ2) is 10.0. The van der Waals surface area contributed by atoms with Gasteiger partial charge in [-0.2, -0.15) is 0 Å². The molecule has 0 aliphatic carbocycles. The number of ether oxygens (including phenoxy) is 1. The van der Waals surface area contributed by atoms with E-state index in [1.807, 2.05) is 30.3 Å². The molecular formula is C27H38O4Si. The quantitative estimate of drug-likeness (QED) is 0.250. The molecule has 0 fully saturated rings. The van der Waals surface area contributed by atoms with E-state index in [1.165, 1.54) is 6.07 Å². The number of carbonyl (C=O) groups excluding carboxylic acids is 1. The Kier molecular flexibility index (Phi) is 8.13. The minimum absolute atomic E-state index is 0.0808. The molecular weight excluding hydrogens is 416 g/mol. The summed E-state index contributed by atoms with van der Waals surface area (Å²) in [5.74, 6) is -0.634. The van der Waals surface area contributed by atoms with Crippen molar-refractivity contribution < 1.29 is 19.1 Å². The lowest BCUT2D eigenvalue weighted by Crippen LogP contribution is -2.44. The van der Waals surface area contributed by atoms with Crippen molar-refractivity contribution in [2.45, 2.75) is 65.3 Å². The molecule has 2 rings (SSSR count). The zero-order valence-electron chi connectivity index (χ0n) is 20.6. The third-order valence-corrected chi connectivity index (χ3v) is 10.8. The van der Waals surface area contributed by atoms with E-state index in [2.05, 4.69) is 54.3 Å². The predicted molar refractivity (Wildman–Crippen MR) is 134 cm³/mol. The van der Waals surface area contributed by atoms with Crippen LogP contribution in [0.1, 0.15) is 62.2 Å². The van der Waals surface area contributed by atoms with Crippen molar-refractivity contribution in [3.05, 3.63) is 77.9 Å². The van der Waals surface area contributed by atoms with E-state index in [-0.39, 0.29) is 16.4 Å². The Balaban J connectivity index is 2.39. The van der Waals surface area contributed by atoms with E-state index in [0.717, 1.165) is 5.56 Å². The molecule has 174 valence electrons. The summed E-state index contributed by atoms with van der Waals surface area (Å²) < 4.78 is 12.6. The average Bonchev–Trinajstić information content (AvgIpc) is 2.70. The molecule has 0 radical (unpaired) electrons. The summed E-state index contributed by atoms with van der Waals surface area (Å²) in [4.78, 5) is 13.3. The molecule has 0 aliphatic heterocycles. The van der Waals surface area contributed by atoms with Crippen LogP contribution in [0.5, 0.6) is 5.75 Å². The molecule has 1 unspecified atom stereocenters. The number of hydrogen-bond donors (Lipinski definition) is 1. The maximum Gasteiger partial charge on any atom is 0.342 e. The molecule has 0 saturated heterocycles. The minimum atomic E-state index is -1.99. The van der Waals surface area contributed by atoms with E-state index >= 15 is 0 Å². The fourth-order valence-corrected chi connectivity index (χ4v) is 4.44. The monoisotopic (exact) mass is 454 g/mol. The smallest absolute Gasteiger partial charge is 0.342 e. The number of aromatic hydroxyl groups is 1. The molecule has 0 aliphatic rings. The lowest BCUT2D eigenvalue weighted by Gasteiger charge is -2.41. The number of allylic oxidation sites excluding steroid dienone is 1. The summed E-state index contributed by atoms with van der Waals surface area (Å²) >= 11 is 0. The number of benzene rings is 2. The van der Waals surface area contributed by atoms with Crippen molar-refractivity contribution in [3.8, 4) is 5.75 Å². The normalized spacial score (nSPS) is 13.5. The van der Waals surface area contributed by atoms with Crippen LogP contribution >= 0.6 is 0 Å². The van der Waals surface area contributed by atoms with Gasteiger partial charge >= 0.3 is 5.97 Å². The number of rotatable bonds is 9. The van der Waals surface area contributed by atoms with Gasteiger partial charge in [0.15, 0.2) is 8.32 Å². The number of carbonyl (C=O) groups is 1. The van der Waals surface area contributed by atoms with Gasteiger partial charge in [-0.25, -0.2) is 4.79 Å². The lowest BCUT2D eigenvalue weighted by atomic mass is 9.83. The molecule has 0 spiro atoms. The maximum absolute atomic E-state index is 13.3. The Morgan fingerprint density at radius 3 is 2.25 bits per heavy atom. The maximum atomic E-state index is 13.3. The summed E-state index contributed by atoms with van der Waals surface area (Å²) in [5, 5.41) is 10.5. The molecule has 0 heterocycles. The highest BCUT2D eigenvalue weighted by Crippen LogP contribution is 2.42. The predicted octanol–water partition coefficient (Wildman–Crippen LogP) is 7.07. The van der Waals surface area contributed by atoms with E-state index in [0.29, 0.717) is 18.6 Å². The summed E-state index contributed by atoms with van der Waals surface area (Å²) in [6.07, 6.45) is 1.63. The molecule has 5 heteroatoms. The first-order chi connectivity index (χ1) is 14.8. The molecule has 2 aromatic carbocycles. The van der Waals surface area contributed by atoms with E-state index < -0.39 is 25.8 Å². The fraction of sp³-hybridized carbons (Fsp3) is 0.444. The van der Waals surface area contributed by atoms with E-state index in [1.54, 1.807) is 18.2 Å². The van der Waals surface area contributed by atoms with Gasteiger partial charge in [-0.1, -0.05) is 83.2 Å². The largest absolute Gasteiger partial charge is 0.507 e. The third-order valence-electron chi connectivity index (χ3n) is 6.35. The van der Waals surface area contributed by atoms with Crippen LogP contribution in [-0.2, 0) is 15.6 Å². The van der Waals surface area contributed by atoms with Crippen LogP contribution in [0.3, 0.4) is 0 Å². The average molecular weight is 455 g/mol. The second-order valence-electron chi connectivity index (χ2n) is 10.5. The van der Waals surface area contributed by atoms with Gasteiger partial charge in [0.1, 0.15) is 17.4 Å². The molecule has 2 aromatic rings. The molecule has 0 saturated carbocycles. The first kappa shape index (κ1) is 25.9. The SMILES string of the molecule is C=CCc1cccc(O)c1C(=O)OC(c1ccccc1)C(C)(C)CO[Si](C)(C)C(C)(C)C. The van der Waals surface area contributed by atoms with Gasteiger partial charge in [-0.15, -0.1) is 6.58 Å². The number of esters is 1. The Morgan fingerprint density at radius 1 is 1.06 bits per heavy atom. The molecule has 32 heavy (non-hydrogen) atoms. The molecule has 4 nitrogen and oxygen atoms in total.